The fourth-order valence-corrected chi connectivity index (χ4v) is 7.28. The second-order valence-electron chi connectivity index (χ2n) is 12.9. The largest absolute Gasteiger partial charge is 0.438 e. The summed E-state index contributed by atoms with van der Waals surface area (Å²) in [6.07, 6.45) is 11.5. The summed E-state index contributed by atoms with van der Waals surface area (Å²) < 4.78 is 39.0. The maximum Gasteiger partial charge on any atom is 0.257 e. The summed E-state index contributed by atoms with van der Waals surface area (Å²) in [5.41, 5.74) is 0.154. The Bertz CT molecular complexity index is 1950. The van der Waals surface area contributed by atoms with Gasteiger partial charge >= 0.3 is 0 Å². The summed E-state index contributed by atoms with van der Waals surface area (Å²) in [5, 5.41) is 9.12. The van der Waals surface area contributed by atoms with Gasteiger partial charge in [0.15, 0.2) is 0 Å². The Hall–Kier alpha value is -4.38. The van der Waals surface area contributed by atoms with Crippen molar-refractivity contribution in [3.05, 3.63) is 95.8 Å². The number of carbonyl (C=O) groups is 3. The van der Waals surface area contributed by atoms with Crippen LogP contribution in [0, 0.1) is 11.6 Å². The van der Waals surface area contributed by atoms with Crippen LogP contribution in [0.25, 0.3) is 0 Å². The predicted octanol–water partition coefficient (Wildman–Crippen LogP) is 7.43. The highest BCUT2D eigenvalue weighted by molar-refractivity contribution is 7.99. The summed E-state index contributed by atoms with van der Waals surface area (Å²) in [5.74, 6) is 0.226. The van der Waals surface area contributed by atoms with Crippen molar-refractivity contribution in [3.63, 3.8) is 0 Å². The van der Waals surface area contributed by atoms with Gasteiger partial charge in [-0.05, 0) is 106 Å². The number of likely N-dealkylation sites (tertiary alicyclic amines) is 1. The molecule has 4 heterocycles. The van der Waals surface area contributed by atoms with E-state index in [2.05, 4.69) is 25.9 Å². The minimum atomic E-state index is -0.607. The van der Waals surface area contributed by atoms with Crippen LogP contribution in [0.5, 0.6) is 23.3 Å². The van der Waals surface area contributed by atoms with Crippen LogP contribution < -0.4 is 25.4 Å². The monoisotopic (exact) mass is 824 g/mol. The molecule has 0 bridgehead atoms. The number of benzene rings is 2. The molecule has 0 aliphatic carbocycles. The molecule has 11 nitrogen and oxygen atoms in total. The van der Waals surface area contributed by atoms with E-state index in [0.717, 1.165) is 66.0 Å². The second kappa shape index (κ2) is 21.8. The molecule has 6 rings (SSSR count). The van der Waals surface area contributed by atoms with E-state index < -0.39 is 17.5 Å². The molecule has 2 aliphatic heterocycles. The average Bonchev–Trinajstić information content (AvgIpc) is 3.22. The molecule has 2 saturated heterocycles. The topological polar surface area (TPSA) is 135 Å². The van der Waals surface area contributed by atoms with E-state index in [1.165, 1.54) is 0 Å². The smallest absolute Gasteiger partial charge is 0.257 e. The van der Waals surface area contributed by atoms with Gasteiger partial charge in [0, 0.05) is 47.1 Å². The quantitative estimate of drug-likeness (QED) is 0.116. The minimum absolute atomic E-state index is 0.0491. The molecule has 0 atom stereocenters. The number of pyridine rings is 2. The number of amides is 3. The van der Waals surface area contributed by atoms with Crippen LogP contribution in [0.4, 0.5) is 8.78 Å². The first-order valence-corrected chi connectivity index (χ1v) is 22.0. The molecule has 0 unspecified atom stereocenters. The number of aromatic nitrogens is 2. The number of thioether (sulfide) groups is 3. The molecule has 3 N–H and O–H groups in total. The van der Waals surface area contributed by atoms with E-state index in [-0.39, 0.29) is 46.8 Å². The summed E-state index contributed by atoms with van der Waals surface area (Å²) in [4.78, 5) is 49.4. The van der Waals surface area contributed by atoms with Gasteiger partial charge in [0.2, 0.25) is 17.7 Å². The van der Waals surface area contributed by atoms with Crippen molar-refractivity contribution in [2.24, 2.45) is 0 Å². The maximum absolute atomic E-state index is 13.8. The van der Waals surface area contributed by atoms with E-state index in [4.69, 9.17) is 9.47 Å². The first-order valence-electron chi connectivity index (χ1n) is 18.2. The molecule has 3 amide bonds. The summed E-state index contributed by atoms with van der Waals surface area (Å²) in [6.45, 7) is 2.92. The molecule has 0 spiro atoms. The van der Waals surface area contributed by atoms with E-state index in [1.54, 1.807) is 47.4 Å². The van der Waals surface area contributed by atoms with Gasteiger partial charge < -0.3 is 30.3 Å². The lowest BCUT2D eigenvalue weighted by atomic mass is 10.0. The van der Waals surface area contributed by atoms with Crippen molar-refractivity contribution < 1.29 is 32.6 Å². The first-order chi connectivity index (χ1) is 27.1. The molecule has 56 heavy (non-hydrogen) atoms. The Morgan fingerprint density at radius 1 is 0.750 bits per heavy atom. The molecule has 0 radical (unpaired) electrons. The van der Waals surface area contributed by atoms with Crippen molar-refractivity contribution in [1.82, 2.24) is 30.8 Å². The van der Waals surface area contributed by atoms with Crippen LogP contribution in [0.2, 0.25) is 0 Å². The zero-order valence-electron chi connectivity index (χ0n) is 31.5. The third-order valence-electron chi connectivity index (χ3n) is 9.01. The molecule has 2 aromatic heterocycles. The van der Waals surface area contributed by atoms with Crippen molar-refractivity contribution in [3.8, 4) is 23.3 Å². The molecular weight excluding hydrogens is 779 g/mol. The zero-order chi connectivity index (χ0) is 39.9. The van der Waals surface area contributed by atoms with Crippen LogP contribution in [-0.4, -0.2) is 95.4 Å². The Morgan fingerprint density at radius 3 is 1.70 bits per heavy atom. The molecule has 2 aromatic carbocycles. The van der Waals surface area contributed by atoms with E-state index in [1.807, 2.05) is 60.1 Å². The molecule has 298 valence electrons. The van der Waals surface area contributed by atoms with Crippen LogP contribution >= 0.6 is 35.3 Å². The van der Waals surface area contributed by atoms with Gasteiger partial charge in [-0.25, -0.2) is 18.7 Å². The summed E-state index contributed by atoms with van der Waals surface area (Å²) >= 11 is 4.80. The van der Waals surface area contributed by atoms with Gasteiger partial charge in [0.05, 0.1) is 12.4 Å². The van der Waals surface area contributed by atoms with Gasteiger partial charge in [-0.2, -0.15) is 11.8 Å². The van der Waals surface area contributed by atoms with E-state index >= 15 is 0 Å². The van der Waals surface area contributed by atoms with E-state index in [0.29, 0.717) is 43.9 Å². The Balaban J connectivity index is 0.000000219. The van der Waals surface area contributed by atoms with Crippen molar-refractivity contribution >= 4 is 53.0 Å². The van der Waals surface area contributed by atoms with E-state index in [9.17, 15) is 23.2 Å². The first kappa shape index (κ1) is 42.8. The lowest BCUT2D eigenvalue weighted by Crippen LogP contribution is -2.46. The number of ether oxygens (including phenoxy) is 2. The fourth-order valence-electron chi connectivity index (χ4n) is 6.01. The highest BCUT2D eigenvalue weighted by atomic mass is 32.2. The average molecular weight is 825 g/mol. The summed E-state index contributed by atoms with van der Waals surface area (Å²) in [6, 6.07) is 17.1. The normalized spacial score (nSPS) is 14.6. The van der Waals surface area contributed by atoms with Crippen molar-refractivity contribution in [2.45, 2.75) is 54.0 Å². The SMILES string of the molecule is CSCCC(=O)N1CCC(NC(=O)c2cc(F)cnc2Oc2cccc(SC)c2)CC1.CSc1cccc(Oc2ncc(F)cc2C(=O)NC2CCNCC2)c1. The number of hydrogen-bond acceptors (Lipinski definition) is 11. The van der Waals surface area contributed by atoms with Crippen LogP contribution in [-0.2, 0) is 4.79 Å². The number of piperidine rings is 2. The molecule has 4 aromatic rings. The molecular formula is C40H46F2N6O5S3. The third-order valence-corrected chi connectivity index (χ3v) is 11.1. The van der Waals surface area contributed by atoms with Crippen molar-refractivity contribution in [2.75, 3.05) is 50.7 Å². The Morgan fingerprint density at radius 2 is 1.23 bits per heavy atom. The van der Waals surface area contributed by atoms with Crippen LogP contribution in [0.15, 0.2) is 82.8 Å². The number of nitrogens with zero attached hydrogens (tertiary/aromatic N) is 3. The van der Waals surface area contributed by atoms with Gasteiger partial charge in [0.1, 0.15) is 34.3 Å². The molecule has 2 fully saturated rings. The Kier molecular flexibility index (Phi) is 16.6. The maximum atomic E-state index is 13.8. The van der Waals surface area contributed by atoms with Crippen LogP contribution in [0.3, 0.4) is 0 Å². The number of rotatable bonds is 13. The minimum Gasteiger partial charge on any atom is -0.438 e. The zero-order valence-corrected chi connectivity index (χ0v) is 34.0. The fraction of sp³-hybridized carbons (Fsp3) is 0.375. The number of nitrogens with one attached hydrogen (secondary N) is 3. The lowest BCUT2D eigenvalue weighted by Gasteiger charge is -2.32. The Labute approximate surface area is 338 Å². The molecule has 0 saturated carbocycles. The third kappa shape index (κ3) is 12.8. The number of carbonyl (C=O) groups excluding carboxylic acids is 3. The lowest BCUT2D eigenvalue weighted by molar-refractivity contribution is -0.131. The standard InChI is InChI=1S/C22H26FN3O3S2.C18H20FN3O2S/c1-30-11-8-20(27)26-9-6-16(7-10-26)25-21(28)19-12-15(23)14-24-22(19)29-17-4-3-5-18(13-17)31-2;1-25-15-4-2-3-14(10-15)24-18-16(9-12(19)11-21-18)17(23)22-13-5-7-20-8-6-13/h3-5,12-14,16H,6-11H2,1-2H3,(H,25,28);2-4,9-11,13,20H,5-8H2,1H3,(H,22,23). The van der Waals surface area contributed by atoms with Gasteiger partial charge in [0.25, 0.3) is 11.8 Å². The highest BCUT2D eigenvalue weighted by Crippen LogP contribution is 2.29. The van der Waals surface area contributed by atoms with Gasteiger partial charge in [-0.15, -0.1) is 23.5 Å². The highest BCUT2D eigenvalue weighted by Gasteiger charge is 2.26. The van der Waals surface area contributed by atoms with Gasteiger partial charge in [-0.1, -0.05) is 12.1 Å². The molecule has 16 heteroatoms. The number of hydrogen-bond donors (Lipinski definition) is 3. The van der Waals surface area contributed by atoms with Crippen molar-refractivity contribution in [1.29, 1.82) is 0 Å². The van der Waals surface area contributed by atoms with Gasteiger partial charge in [-0.3, -0.25) is 14.4 Å². The predicted molar refractivity (Wildman–Crippen MR) is 218 cm³/mol. The number of halogens is 2. The second-order valence-corrected chi connectivity index (χ2v) is 15.7. The summed E-state index contributed by atoms with van der Waals surface area (Å²) in [7, 11) is 0. The van der Waals surface area contributed by atoms with Crippen LogP contribution in [0.1, 0.15) is 52.8 Å². The molecule has 2 aliphatic rings.